The Kier molecular flexibility index (Phi) is 20.3. The van der Waals surface area contributed by atoms with Crippen molar-refractivity contribution in [3.63, 3.8) is 0 Å². The molecule has 0 bridgehead atoms. The number of hydrogen-bond donors (Lipinski definition) is 4. The van der Waals surface area contributed by atoms with Gasteiger partial charge in [0.2, 0.25) is 17.7 Å². The lowest BCUT2D eigenvalue weighted by Crippen LogP contribution is -2.55. The number of carbonyl (C=O) groups excluding carboxylic acids is 3. The average Bonchev–Trinajstić information content (AvgIpc) is 3.01. The molecule has 0 aromatic carbocycles. The molecule has 3 amide bonds. The fourth-order valence-electron chi connectivity index (χ4n) is 4.60. The molecule has 254 valence electrons. The number of aliphatic imine (C=N–C) groups is 1. The Morgan fingerprint density at radius 3 is 2.22 bits per heavy atom. The van der Waals surface area contributed by atoms with Gasteiger partial charge in [-0.15, -0.1) is 4.68 Å². The maximum absolute atomic E-state index is 13.3. The molecule has 0 spiro atoms. The first kappa shape index (κ1) is 41.5. The number of amides is 3. The Labute approximate surface area is 272 Å². The van der Waals surface area contributed by atoms with Gasteiger partial charge in [-0.25, -0.2) is 0 Å². The Hall–Kier alpha value is -3.53. The molecule has 1 fully saturated rings. The van der Waals surface area contributed by atoms with E-state index in [1.54, 1.807) is 25.8 Å². The molecule has 5 atom stereocenters. The minimum absolute atomic E-state index is 0.151. The standard InChI is InChI=1S/C33H54N6O4.C2H6/c1-11-25(12-2)18-26(21(3)4)19-27(35-9)15-16-29(43-10)24(8)32(41)37-30(22(5)6)33(42)36-23(7)20-39-17-13-14-28(38-39)31(34)40;1-2/h11,15-16,18-24,28-30,38H,1,12-14,17H2,2-10H3,(H3-,34,36,37,40,41,42);1-2H3/p+1/b16-15+,25-18+,26-19-,35-27?,39-20+;. The van der Waals surface area contributed by atoms with Gasteiger partial charge >= 0.3 is 0 Å². The predicted octanol–water partition coefficient (Wildman–Crippen LogP) is 4.28. The van der Waals surface area contributed by atoms with Gasteiger partial charge in [0.25, 0.3) is 0 Å². The van der Waals surface area contributed by atoms with E-state index in [1.807, 2.05) is 65.1 Å². The first-order valence-electron chi connectivity index (χ1n) is 16.3. The maximum atomic E-state index is 13.3. The zero-order valence-electron chi connectivity index (χ0n) is 29.6. The molecule has 10 nitrogen and oxygen atoms in total. The average molecular weight is 630 g/mol. The van der Waals surface area contributed by atoms with Crippen molar-refractivity contribution in [3.8, 4) is 0 Å². The molecule has 5 N–H and O–H groups in total. The predicted molar refractivity (Wildman–Crippen MR) is 186 cm³/mol. The number of nitrogens with two attached hydrogens (primary N) is 1. The van der Waals surface area contributed by atoms with Crippen molar-refractivity contribution >= 4 is 29.6 Å². The van der Waals surface area contributed by atoms with Gasteiger partial charge in [-0.1, -0.05) is 80.2 Å². The van der Waals surface area contributed by atoms with Crippen LogP contribution in [0.3, 0.4) is 0 Å². The highest BCUT2D eigenvalue weighted by Crippen LogP contribution is 2.17. The van der Waals surface area contributed by atoms with Crippen LogP contribution < -0.4 is 21.8 Å². The first-order chi connectivity index (χ1) is 21.3. The van der Waals surface area contributed by atoms with Gasteiger partial charge < -0.3 is 21.1 Å². The number of methoxy groups -OCH3 is 1. The second-order valence-corrected chi connectivity index (χ2v) is 11.7. The summed E-state index contributed by atoms with van der Waals surface area (Å²) >= 11 is 0. The van der Waals surface area contributed by atoms with Gasteiger partial charge in [-0.2, -0.15) is 5.43 Å². The molecule has 1 saturated heterocycles. The zero-order chi connectivity index (χ0) is 34.7. The van der Waals surface area contributed by atoms with Gasteiger partial charge in [0.1, 0.15) is 12.1 Å². The number of allylic oxidation sites excluding steroid dienone is 6. The molecule has 0 aliphatic carbocycles. The summed E-state index contributed by atoms with van der Waals surface area (Å²) in [5.41, 5.74) is 11.5. The molecule has 10 heteroatoms. The van der Waals surface area contributed by atoms with Crippen LogP contribution in [0.15, 0.2) is 53.1 Å². The van der Waals surface area contributed by atoms with Crippen molar-refractivity contribution in [2.45, 2.75) is 106 Å². The third-order valence-electron chi connectivity index (χ3n) is 7.47. The lowest BCUT2D eigenvalue weighted by atomic mass is 9.97. The van der Waals surface area contributed by atoms with Gasteiger partial charge in [0.15, 0.2) is 18.8 Å². The number of ether oxygens (including phenoxy) is 1. The van der Waals surface area contributed by atoms with Crippen molar-refractivity contribution in [2.75, 3.05) is 20.7 Å². The Morgan fingerprint density at radius 1 is 1.09 bits per heavy atom. The number of carbonyl (C=O) groups is 3. The Morgan fingerprint density at radius 2 is 1.73 bits per heavy atom. The van der Waals surface area contributed by atoms with Crippen molar-refractivity contribution in [2.24, 2.45) is 28.5 Å². The summed E-state index contributed by atoms with van der Waals surface area (Å²) in [6, 6.07) is -1.52. The fourth-order valence-corrected chi connectivity index (χ4v) is 4.60. The van der Waals surface area contributed by atoms with Crippen molar-refractivity contribution in [1.82, 2.24) is 16.1 Å². The third-order valence-corrected chi connectivity index (χ3v) is 7.47. The molecule has 0 aromatic heterocycles. The molecule has 45 heavy (non-hydrogen) atoms. The largest absolute Gasteiger partial charge is 0.377 e. The number of hydrogen-bond acceptors (Lipinski definition) is 6. The molecule has 0 saturated carbocycles. The fraction of sp³-hybridized carbons (Fsp3) is 0.629. The summed E-state index contributed by atoms with van der Waals surface area (Å²) in [7, 11) is 3.28. The minimum atomic E-state index is -0.742. The van der Waals surface area contributed by atoms with Gasteiger partial charge in [-0.3, -0.25) is 19.4 Å². The van der Waals surface area contributed by atoms with Crippen molar-refractivity contribution in [1.29, 1.82) is 0 Å². The maximum Gasteiger partial charge on any atom is 0.245 e. The minimum Gasteiger partial charge on any atom is -0.377 e. The van der Waals surface area contributed by atoms with Crippen LogP contribution in [0, 0.1) is 17.8 Å². The number of hydrazone groups is 1. The van der Waals surface area contributed by atoms with Crippen LogP contribution in [0.2, 0.25) is 0 Å². The monoisotopic (exact) mass is 629 g/mol. The lowest BCUT2D eigenvalue weighted by molar-refractivity contribution is -0.597. The van der Waals surface area contributed by atoms with Gasteiger partial charge in [0, 0.05) is 20.6 Å². The van der Waals surface area contributed by atoms with E-state index in [-0.39, 0.29) is 29.7 Å². The smallest absolute Gasteiger partial charge is 0.245 e. The second-order valence-electron chi connectivity index (χ2n) is 11.7. The summed E-state index contributed by atoms with van der Waals surface area (Å²) in [5.74, 6) is -1.42. The molecule has 0 radical (unpaired) electrons. The van der Waals surface area contributed by atoms with E-state index in [9.17, 15) is 14.4 Å². The molecular weight excluding hydrogens is 568 g/mol. The summed E-state index contributed by atoms with van der Waals surface area (Å²) < 4.78 is 7.45. The van der Waals surface area contributed by atoms with Crippen LogP contribution >= 0.6 is 0 Å². The number of nitrogens with one attached hydrogen (secondary N) is 3. The van der Waals surface area contributed by atoms with Gasteiger partial charge in [0.05, 0.1) is 17.7 Å². The Balaban J connectivity index is 0.00000947. The van der Waals surface area contributed by atoms with E-state index in [0.717, 1.165) is 29.7 Å². The summed E-state index contributed by atoms with van der Waals surface area (Å²) in [4.78, 5) is 42.5. The Bertz CT molecular complexity index is 1120. The molecule has 5 unspecified atom stereocenters. The molecule has 1 aliphatic heterocycles. The topological polar surface area (TPSA) is 138 Å². The zero-order valence-corrected chi connectivity index (χ0v) is 29.6. The summed E-state index contributed by atoms with van der Waals surface area (Å²) in [5, 5.41) is 5.87. The van der Waals surface area contributed by atoms with Crippen LogP contribution in [0.5, 0.6) is 0 Å². The van der Waals surface area contributed by atoms with Gasteiger partial charge in [-0.05, 0) is 54.9 Å². The van der Waals surface area contributed by atoms with Crippen LogP contribution in [-0.2, 0) is 19.1 Å². The number of hydrazine groups is 1. The van der Waals surface area contributed by atoms with Crippen molar-refractivity contribution in [3.05, 3.63) is 48.1 Å². The van der Waals surface area contributed by atoms with Crippen molar-refractivity contribution < 1.29 is 23.8 Å². The lowest BCUT2D eigenvalue weighted by Gasteiger charge is -2.26. The van der Waals surface area contributed by atoms with Crippen LogP contribution in [0.4, 0.5) is 0 Å². The number of primary amides is 1. The summed E-state index contributed by atoms with van der Waals surface area (Å²) in [6.45, 7) is 22.3. The van der Waals surface area contributed by atoms with Crippen LogP contribution in [0.1, 0.15) is 81.6 Å². The first-order valence-corrected chi connectivity index (χ1v) is 16.3. The number of rotatable bonds is 16. The van der Waals surface area contributed by atoms with E-state index in [4.69, 9.17) is 10.5 Å². The highest BCUT2D eigenvalue weighted by molar-refractivity contribution is 6.04. The van der Waals surface area contributed by atoms with E-state index in [0.29, 0.717) is 13.0 Å². The van der Waals surface area contributed by atoms with E-state index >= 15 is 0 Å². The van der Waals surface area contributed by atoms with E-state index in [1.165, 1.54) is 0 Å². The molecule has 0 aromatic rings. The third kappa shape index (κ3) is 14.9. The van der Waals surface area contributed by atoms with Crippen LogP contribution in [0.25, 0.3) is 0 Å². The van der Waals surface area contributed by atoms with E-state index < -0.39 is 30.0 Å². The molecule has 1 heterocycles. The number of nitrogens with zero attached hydrogens (tertiary/aromatic N) is 2. The molecule has 1 aliphatic rings. The highest BCUT2D eigenvalue weighted by Gasteiger charge is 2.31. The van der Waals surface area contributed by atoms with Crippen LogP contribution in [-0.4, -0.2) is 79.3 Å². The quantitative estimate of drug-likeness (QED) is 0.115. The molecular formula is C35H61N6O4+. The highest BCUT2D eigenvalue weighted by atomic mass is 16.5. The SMILES string of the molecule is C=C/C(=C\C(=C\C(/C=C/C(OC)C(C)C(=O)NC(C(=O)NC(C)/C=[N+]1\CCCC(C(N)=O)N1)C(C)C)=NC)C(C)C)CC.CC. The second kappa shape index (κ2) is 22.1. The normalized spacial score (nSPS) is 19.7. The molecule has 1 rings (SSSR count). The summed E-state index contributed by atoms with van der Waals surface area (Å²) in [6.07, 6.45) is 13.4. The van der Waals surface area contributed by atoms with E-state index in [2.05, 4.69) is 54.5 Å².